The minimum absolute atomic E-state index is 0.554. The number of nitrogens with two attached hydrogens (primary N) is 1. The zero-order valence-electron chi connectivity index (χ0n) is 16.0. The Kier molecular flexibility index (Phi) is 4.53. The number of methoxy groups -OCH3 is 3. The van der Waals surface area contributed by atoms with Crippen molar-refractivity contribution in [2.24, 2.45) is 0 Å². The van der Waals surface area contributed by atoms with E-state index >= 15 is 0 Å². The van der Waals surface area contributed by atoms with Crippen LogP contribution in [-0.4, -0.2) is 30.9 Å². The molecule has 0 aliphatic rings. The Bertz CT molecular complexity index is 1130. The number of nitrogens with zero attached hydrogens (tertiary/aromatic N) is 2. The van der Waals surface area contributed by atoms with E-state index < -0.39 is 0 Å². The van der Waals surface area contributed by atoms with E-state index in [0.29, 0.717) is 17.2 Å². The van der Waals surface area contributed by atoms with E-state index in [1.165, 1.54) is 0 Å². The quantitative estimate of drug-likeness (QED) is 0.527. The molecule has 1 aromatic heterocycles. The standard InChI is InChI=1S/C22H21N3O3/c1-26-20-11-17(12-21(27-2)22(20)28-3)25-13-24-18-8-7-15(10-19(18)25)14-5-4-6-16(23)9-14/h4-13H,23H2,1-3H3. The SMILES string of the molecule is COc1cc(-n2cnc3ccc(-c4cccc(N)c4)cc32)cc(OC)c1OC. The molecule has 28 heavy (non-hydrogen) atoms. The summed E-state index contributed by atoms with van der Waals surface area (Å²) in [5, 5.41) is 0. The van der Waals surface area contributed by atoms with Crippen LogP contribution in [0.2, 0.25) is 0 Å². The van der Waals surface area contributed by atoms with Crippen molar-refractivity contribution < 1.29 is 14.2 Å². The molecule has 0 aliphatic heterocycles. The Morgan fingerprint density at radius 3 is 2.18 bits per heavy atom. The minimum atomic E-state index is 0.554. The average molecular weight is 375 g/mol. The molecular weight excluding hydrogens is 354 g/mol. The van der Waals surface area contributed by atoms with Crippen molar-refractivity contribution in [1.29, 1.82) is 0 Å². The average Bonchev–Trinajstić information content (AvgIpc) is 3.15. The second kappa shape index (κ2) is 7.15. The molecule has 6 nitrogen and oxygen atoms in total. The first-order valence-corrected chi connectivity index (χ1v) is 8.78. The van der Waals surface area contributed by atoms with Crippen LogP contribution in [0.3, 0.4) is 0 Å². The van der Waals surface area contributed by atoms with E-state index in [1.54, 1.807) is 27.7 Å². The van der Waals surface area contributed by atoms with Crippen LogP contribution < -0.4 is 19.9 Å². The molecule has 0 bridgehead atoms. The van der Waals surface area contributed by atoms with Crippen molar-refractivity contribution >= 4 is 16.7 Å². The van der Waals surface area contributed by atoms with E-state index in [0.717, 1.165) is 33.5 Å². The first kappa shape index (κ1) is 17.7. The number of aromatic nitrogens is 2. The van der Waals surface area contributed by atoms with Crippen LogP contribution >= 0.6 is 0 Å². The van der Waals surface area contributed by atoms with Gasteiger partial charge in [-0.1, -0.05) is 18.2 Å². The summed E-state index contributed by atoms with van der Waals surface area (Å²) in [4.78, 5) is 4.53. The zero-order chi connectivity index (χ0) is 19.7. The van der Waals surface area contributed by atoms with Crippen molar-refractivity contribution in [3.63, 3.8) is 0 Å². The van der Waals surface area contributed by atoms with Crippen molar-refractivity contribution in [1.82, 2.24) is 9.55 Å². The summed E-state index contributed by atoms with van der Waals surface area (Å²) >= 11 is 0. The predicted octanol–water partition coefficient (Wildman–Crippen LogP) is 4.30. The molecule has 2 N–H and O–H groups in total. The van der Waals surface area contributed by atoms with Gasteiger partial charge >= 0.3 is 0 Å². The van der Waals surface area contributed by atoms with E-state index in [-0.39, 0.29) is 0 Å². The van der Waals surface area contributed by atoms with Crippen molar-refractivity contribution in [3.05, 3.63) is 60.9 Å². The maximum Gasteiger partial charge on any atom is 0.203 e. The molecule has 0 saturated heterocycles. The van der Waals surface area contributed by atoms with Gasteiger partial charge in [0.1, 0.15) is 6.33 Å². The molecule has 0 spiro atoms. The zero-order valence-corrected chi connectivity index (χ0v) is 16.0. The number of rotatable bonds is 5. The molecule has 142 valence electrons. The Morgan fingerprint density at radius 1 is 0.821 bits per heavy atom. The third kappa shape index (κ3) is 2.99. The summed E-state index contributed by atoms with van der Waals surface area (Å²) in [5.41, 5.74) is 11.5. The Balaban J connectivity index is 1.89. The van der Waals surface area contributed by atoms with Crippen LogP contribution in [0.15, 0.2) is 60.9 Å². The number of ether oxygens (including phenoxy) is 3. The summed E-state index contributed by atoms with van der Waals surface area (Å²) in [6.45, 7) is 0. The molecule has 0 radical (unpaired) electrons. The molecule has 3 aromatic carbocycles. The van der Waals surface area contributed by atoms with Crippen LogP contribution in [0.5, 0.6) is 17.2 Å². The van der Waals surface area contributed by atoms with E-state index in [9.17, 15) is 0 Å². The minimum Gasteiger partial charge on any atom is -0.493 e. The molecule has 0 amide bonds. The summed E-state index contributed by atoms with van der Waals surface area (Å²) in [6, 6.07) is 17.8. The Labute approximate surface area is 163 Å². The van der Waals surface area contributed by atoms with Gasteiger partial charge < -0.3 is 19.9 Å². The van der Waals surface area contributed by atoms with Gasteiger partial charge in [0.15, 0.2) is 11.5 Å². The lowest BCUT2D eigenvalue weighted by Gasteiger charge is -2.15. The van der Waals surface area contributed by atoms with Crippen LogP contribution in [0.25, 0.3) is 27.8 Å². The first-order chi connectivity index (χ1) is 13.6. The molecule has 1 heterocycles. The molecule has 0 fully saturated rings. The van der Waals surface area contributed by atoms with Crippen LogP contribution in [0, 0.1) is 0 Å². The second-order valence-electron chi connectivity index (χ2n) is 6.33. The monoisotopic (exact) mass is 375 g/mol. The maximum atomic E-state index is 5.94. The summed E-state index contributed by atoms with van der Waals surface area (Å²) in [5.74, 6) is 1.73. The fourth-order valence-electron chi connectivity index (χ4n) is 3.32. The molecule has 4 rings (SSSR count). The number of hydrogen-bond acceptors (Lipinski definition) is 5. The second-order valence-corrected chi connectivity index (χ2v) is 6.33. The topological polar surface area (TPSA) is 71.5 Å². The number of hydrogen-bond donors (Lipinski definition) is 1. The fourth-order valence-corrected chi connectivity index (χ4v) is 3.32. The summed E-state index contributed by atoms with van der Waals surface area (Å²) < 4.78 is 18.4. The third-order valence-corrected chi connectivity index (χ3v) is 4.69. The fraction of sp³-hybridized carbons (Fsp3) is 0.136. The number of nitrogen functional groups attached to an aromatic ring is 1. The van der Waals surface area contributed by atoms with Gasteiger partial charge in [-0.3, -0.25) is 4.57 Å². The van der Waals surface area contributed by atoms with E-state index in [1.807, 2.05) is 53.1 Å². The van der Waals surface area contributed by atoms with Gasteiger partial charge in [-0.05, 0) is 35.4 Å². The molecule has 0 aliphatic carbocycles. The predicted molar refractivity (Wildman–Crippen MR) is 111 cm³/mol. The highest BCUT2D eigenvalue weighted by Crippen LogP contribution is 2.40. The molecule has 6 heteroatoms. The van der Waals surface area contributed by atoms with Crippen LogP contribution in [0.4, 0.5) is 5.69 Å². The van der Waals surface area contributed by atoms with Gasteiger partial charge in [0.2, 0.25) is 5.75 Å². The van der Waals surface area contributed by atoms with Gasteiger partial charge in [-0.25, -0.2) is 4.98 Å². The lowest BCUT2D eigenvalue weighted by atomic mass is 10.0. The highest BCUT2D eigenvalue weighted by Gasteiger charge is 2.15. The molecular formula is C22H21N3O3. The third-order valence-electron chi connectivity index (χ3n) is 4.69. The van der Waals surface area contributed by atoms with Gasteiger partial charge in [-0.15, -0.1) is 0 Å². The Morgan fingerprint density at radius 2 is 1.54 bits per heavy atom. The van der Waals surface area contributed by atoms with Crippen LogP contribution in [0.1, 0.15) is 0 Å². The number of anilines is 1. The number of benzene rings is 3. The van der Waals surface area contributed by atoms with Crippen LogP contribution in [-0.2, 0) is 0 Å². The van der Waals surface area contributed by atoms with Gasteiger partial charge in [0.25, 0.3) is 0 Å². The summed E-state index contributed by atoms with van der Waals surface area (Å²) in [7, 11) is 4.79. The van der Waals surface area contributed by atoms with Crippen molar-refractivity contribution in [2.75, 3.05) is 27.1 Å². The smallest absolute Gasteiger partial charge is 0.203 e. The van der Waals surface area contributed by atoms with E-state index in [2.05, 4.69) is 11.1 Å². The van der Waals surface area contributed by atoms with Crippen molar-refractivity contribution in [3.8, 4) is 34.1 Å². The highest BCUT2D eigenvalue weighted by atomic mass is 16.5. The highest BCUT2D eigenvalue weighted by molar-refractivity contribution is 5.84. The molecule has 4 aromatic rings. The maximum absolute atomic E-state index is 5.94. The van der Waals surface area contributed by atoms with Gasteiger partial charge in [0, 0.05) is 17.8 Å². The van der Waals surface area contributed by atoms with E-state index in [4.69, 9.17) is 19.9 Å². The normalized spacial score (nSPS) is 10.8. The lowest BCUT2D eigenvalue weighted by Crippen LogP contribution is -1.99. The molecule has 0 atom stereocenters. The van der Waals surface area contributed by atoms with Gasteiger partial charge in [-0.2, -0.15) is 0 Å². The number of imidazole rings is 1. The molecule has 0 saturated carbocycles. The lowest BCUT2D eigenvalue weighted by molar-refractivity contribution is 0.324. The van der Waals surface area contributed by atoms with Gasteiger partial charge in [0.05, 0.1) is 38.1 Å². The number of fused-ring (bicyclic) bond motifs is 1. The molecule has 0 unspecified atom stereocenters. The van der Waals surface area contributed by atoms with Crippen molar-refractivity contribution in [2.45, 2.75) is 0 Å². The summed E-state index contributed by atoms with van der Waals surface area (Å²) in [6.07, 6.45) is 1.79. The first-order valence-electron chi connectivity index (χ1n) is 8.78. The Hall–Kier alpha value is -3.67. The largest absolute Gasteiger partial charge is 0.493 e.